The van der Waals surface area contributed by atoms with E-state index in [1.165, 1.54) is 0 Å². The molecule has 0 aromatic heterocycles. The fourth-order valence-electron chi connectivity index (χ4n) is 1.87. The number of carbonyl (C=O) groups excluding carboxylic acids is 1. The van der Waals surface area contributed by atoms with E-state index in [1.54, 1.807) is 30.0 Å². The maximum atomic E-state index is 12.4. The zero-order chi connectivity index (χ0) is 15.3. The summed E-state index contributed by atoms with van der Waals surface area (Å²) >= 11 is 0. The minimum Gasteiger partial charge on any atom is -0.507 e. The van der Waals surface area contributed by atoms with E-state index in [2.05, 4.69) is 5.16 Å². The Morgan fingerprint density at radius 3 is 2.65 bits per heavy atom. The highest BCUT2D eigenvalue weighted by Gasteiger charge is 2.21. The fourth-order valence-corrected chi connectivity index (χ4v) is 1.87. The molecule has 0 saturated carbocycles. The van der Waals surface area contributed by atoms with E-state index in [4.69, 9.17) is 10.9 Å². The van der Waals surface area contributed by atoms with Crippen LogP contribution in [0.25, 0.3) is 0 Å². The van der Waals surface area contributed by atoms with E-state index in [0.717, 1.165) is 5.56 Å². The van der Waals surface area contributed by atoms with E-state index in [-0.39, 0.29) is 29.0 Å². The van der Waals surface area contributed by atoms with Crippen molar-refractivity contribution in [1.29, 1.82) is 0 Å². The number of aromatic hydroxyl groups is 1. The Bertz CT molecular complexity index is 514. The number of carbonyl (C=O) groups is 1. The quantitative estimate of drug-likeness (QED) is 0.329. The van der Waals surface area contributed by atoms with Gasteiger partial charge in [0.05, 0.1) is 5.56 Å². The maximum absolute atomic E-state index is 12.4. The van der Waals surface area contributed by atoms with Gasteiger partial charge in [0.1, 0.15) is 11.6 Å². The average Bonchev–Trinajstić information content (AvgIpc) is 2.42. The second-order valence-corrected chi connectivity index (χ2v) is 4.79. The van der Waals surface area contributed by atoms with Gasteiger partial charge in [-0.05, 0) is 31.5 Å². The van der Waals surface area contributed by atoms with Crippen LogP contribution in [0.4, 0.5) is 0 Å². The summed E-state index contributed by atoms with van der Waals surface area (Å²) in [6.07, 6.45) is 0. The molecular formula is C14H21N3O3. The summed E-state index contributed by atoms with van der Waals surface area (Å²) in [7, 11) is 0. The first kappa shape index (κ1) is 15.8. The molecule has 0 aliphatic heterocycles. The predicted molar refractivity (Wildman–Crippen MR) is 77.0 cm³/mol. The Morgan fingerprint density at radius 2 is 2.15 bits per heavy atom. The molecule has 1 unspecified atom stereocenters. The first-order valence-corrected chi connectivity index (χ1v) is 6.47. The third-order valence-corrected chi connectivity index (χ3v) is 3.17. The van der Waals surface area contributed by atoms with E-state index in [9.17, 15) is 9.90 Å². The third kappa shape index (κ3) is 3.63. The molecule has 1 amide bonds. The summed E-state index contributed by atoms with van der Waals surface area (Å²) < 4.78 is 0. The largest absolute Gasteiger partial charge is 0.507 e. The lowest BCUT2D eigenvalue weighted by atomic mass is 10.1. The number of benzene rings is 1. The number of phenolic OH excluding ortho intramolecular Hbond substituents is 1. The Kier molecular flexibility index (Phi) is 5.37. The van der Waals surface area contributed by atoms with Crippen LogP contribution in [-0.4, -0.2) is 40.0 Å². The van der Waals surface area contributed by atoms with Crippen LogP contribution in [0.1, 0.15) is 29.8 Å². The van der Waals surface area contributed by atoms with Crippen molar-refractivity contribution >= 4 is 11.7 Å². The van der Waals surface area contributed by atoms with Gasteiger partial charge in [0.25, 0.3) is 5.91 Å². The molecule has 6 nitrogen and oxygen atoms in total. The molecule has 1 rings (SSSR count). The van der Waals surface area contributed by atoms with Crippen LogP contribution >= 0.6 is 0 Å². The molecule has 0 aliphatic carbocycles. The number of amides is 1. The molecule has 0 radical (unpaired) electrons. The molecule has 0 heterocycles. The Hall–Kier alpha value is -2.24. The lowest BCUT2D eigenvalue weighted by Gasteiger charge is -2.24. The van der Waals surface area contributed by atoms with Crippen LogP contribution in [-0.2, 0) is 0 Å². The van der Waals surface area contributed by atoms with Crippen molar-refractivity contribution in [3.05, 3.63) is 29.3 Å². The topological polar surface area (TPSA) is 99.1 Å². The molecule has 0 spiro atoms. The number of rotatable bonds is 5. The predicted octanol–water partition coefficient (Wildman–Crippen LogP) is 1.55. The Morgan fingerprint density at radius 1 is 1.50 bits per heavy atom. The van der Waals surface area contributed by atoms with E-state index in [1.807, 2.05) is 13.8 Å². The number of hydrogen-bond acceptors (Lipinski definition) is 4. The molecule has 1 aromatic rings. The molecule has 20 heavy (non-hydrogen) atoms. The summed E-state index contributed by atoms with van der Waals surface area (Å²) in [5.41, 5.74) is 6.66. The average molecular weight is 279 g/mol. The number of amidine groups is 1. The third-order valence-electron chi connectivity index (χ3n) is 3.17. The van der Waals surface area contributed by atoms with Crippen molar-refractivity contribution in [2.45, 2.75) is 20.8 Å². The summed E-state index contributed by atoms with van der Waals surface area (Å²) in [4.78, 5) is 13.9. The first-order valence-electron chi connectivity index (χ1n) is 6.47. The second-order valence-electron chi connectivity index (χ2n) is 4.79. The van der Waals surface area contributed by atoms with Gasteiger partial charge in [0, 0.05) is 19.0 Å². The molecule has 110 valence electrons. The Labute approximate surface area is 118 Å². The van der Waals surface area contributed by atoms with Gasteiger partial charge in [0.15, 0.2) is 0 Å². The van der Waals surface area contributed by atoms with E-state index in [0.29, 0.717) is 13.1 Å². The van der Waals surface area contributed by atoms with Crippen molar-refractivity contribution in [2.24, 2.45) is 16.8 Å². The summed E-state index contributed by atoms with van der Waals surface area (Å²) in [6, 6.07) is 4.92. The van der Waals surface area contributed by atoms with Crippen LogP contribution in [0.2, 0.25) is 0 Å². The van der Waals surface area contributed by atoms with Gasteiger partial charge in [-0.3, -0.25) is 4.79 Å². The van der Waals surface area contributed by atoms with Crippen LogP contribution in [0.3, 0.4) is 0 Å². The summed E-state index contributed by atoms with van der Waals surface area (Å²) in [5.74, 6) is -0.506. The van der Waals surface area contributed by atoms with Gasteiger partial charge in [-0.1, -0.05) is 18.1 Å². The number of oxime groups is 1. The van der Waals surface area contributed by atoms with E-state index >= 15 is 0 Å². The smallest absolute Gasteiger partial charge is 0.257 e. The van der Waals surface area contributed by atoms with Gasteiger partial charge in [0.2, 0.25) is 0 Å². The number of hydrogen-bond donors (Lipinski definition) is 3. The Balaban J connectivity index is 2.92. The molecular weight excluding hydrogens is 258 g/mol. The zero-order valence-corrected chi connectivity index (χ0v) is 12.0. The minimum absolute atomic E-state index is 0.0371. The lowest BCUT2D eigenvalue weighted by molar-refractivity contribution is 0.0751. The van der Waals surface area contributed by atoms with Crippen molar-refractivity contribution in [3.63, 3.8) is 0 Å². The van der Waals surface area contributed by atoms with Crippen LogP contribution in [0.15, 0.2) is 23.4 Å². The van der Waals surface area contributed by atoms with E-state index < -0.39 is 0 Å². The van der Waals surface area contributed by atoms with Crippen molar-refractivity contribution in [3.8, 4) is 5.75 Å². The number of nitrogens with two attached hydrogens (primary N) is 1. The number of aryl methyl sites for hydroxylation is 1. The molecule has 0 aliphatic rings. The fraction of sp³-hybridized carbons (Fsp3) is 0.429. The SMILES string of the molecule is CCN(CC(C)C(N)=NO)C(=O)c1ccc(C)cc1O. The van der Waals surface area contributed by atoms with Gasteiger partial charge in [-0.25, -0.2) is 0 Å². The normalized spacial score (nSPS) is 13.1. The van der Waals surface area contributed by atoms with Crippen molar-refractivity contribution in [1.82, 2.24) is 4.90 Å². The highest BCUT2D eigenvalue weighted by atomic mass is 16.4. The summed E-state index contributed by atoms with van der Waals surface area (Å²) in [6.45, 7) is 6.22. The number of nitrogens with zero attached hydrogens (tertiary/aromatic N) is 2. The highest BCUT2D eigenvalue weighted by molar-refractivity contribution is 5.97. The van der Waals surface area contributed by atoms with Gasteiger partial charge < -0.3 is 20.9 Å². The van der Waals surface area contributed by atoms with Crippen LogP contribution in [0, 0.1) is 12.8 Å². The monoisotopic (exact) mass is 279 g/mol. The zero-order valence-electron chi connectivity index (χ0n) is 12.0. The lowest BCUT2D eigenvalue weighted by Crippen LogP contribution is -2.38. The highest BCUT2D eigenvalue weighted by Crippen LogP contribution is 2.20. The molecule has 0 fully saturated rings. The molecule has 4 N–H and O–H groups in total. The summed E-state index contributed by atoms with van der Waals surface area (Å²) in [5, 5.41) is 21.4. The second kappa shape index (κ2) is 6.79. The first-order chi connectivity index (χ1) is 9.40. The van der Waals surface area contributed by atoms with Crippen LogP contribution in [0.5, 0.6) is 5.75 Å². The van der Waals surface area contributed by atoms with Crippen molar-refractivity contribution in [2.75, 3.05) is 13.1 Å². The van der Waals surface area contributed by atoms with Gasteiger partial charge in [-0.15, -0.1) is 0 Å². The molecule has 0 bridgehead atoms. The maximum Gasteiger partial charge on any atom is 0.257 e. The number of phenols is 1. The van der Waals surface area contributed by atoms with Gasteiger partial charge in [-0.2, -0.15) is 0 Å². The molecule has 1 aromatic carbocycles. The standard InChI is InChI=1S/C14H21N3O3/c1-4-17(8-10(3)13(15)16-20)14(19)11-6-5-9(2)7-12(11)18/h5-7,10,18,20H,4,8H2,1-3H3,(H2,15,16). The minimum atomic E-state index is -0.275. The van der Waals surface area contributed by atoms with Crippen molar-refractivity contribution < 1.29 is 15.1 Å². The molecule has 0 saturated heterocycles. The van der Waals surface area contributed by atoms with Crippen LogP contribution < -0.4 is 5.73 Å². The van der Waals surface area contributed by atoms with Gasteiger partial charge >= 0.3 is 0 Å². The molecule has 6 heteroatoms. The molecule has 1 atom stereocenters.